The van der Waals surface area contributed by atoms with E-state index in [1.165, 1.54) is 5.56 Å². The smallest absolute Gasteiger partial charge is 0.319 e. The molecule has 2 N–H and O–H groups in total. The summed E-state index contributed by atoms with van der Waals surface area (Å²) in [4.78, 5) is 26.6. The van der Waals surface area contributed by atoms with E-state index in [-0.39, 0.29) is 6.03 Å². The molecule has 8 heteroatoms. The lowest BCUT2D eigenvalue weighted by Gasteiger charge is -2.35. The molecule has 0 unspecified atom stereocenters. The normalized spacial score (nSPS) is 16.8. The minimum Gasteiger partial charge on any atom is -0.378 e. The van der Waals surface area contributed by atoms with Crippen molar-refractivity contribution >= 4 is 17.5 Å². The highest BCUT2D eigenvalue weighted by molar-refractivity contribution is 5.89. The number of carbonyl (C=O) groups is 1. The van der Waals surface area contributed by atoms with E-state index in [9.17, 15) is 4.79 Å². The Kier molecular flexibility index (Phi) is 6.67. The zero-order valence-electron chi connectivity index (χ0n) is 18.6. The second kappa shape index (κ2) is 9.62. The summed E-state index contributed by atoms with van der Waals surface area (Å²) in [5.74, 6) is 1.78. The topological polar surface area (TPSA) is 82.6 Å². The Hall–Kier alpha value is -2.71. The summed E-state index contributed by atoms with van der Waals surface area (Å²) >= 11 is 0. The van der Waals surface area contributed by atoms with Gasteiger partial charge in [0.2, 0.25) is 0 Å². The fourth-order valence-corrected chi connectivity index (χ4v) is 4.08. The molecule has 31 heavy (non-hydrogen) atoms. The summed E-state index contributed by atoms with van der Waals surface area (Å²) in [7, 11) is 0. The maximum Gasteiger partial charge on any atom is 0.319 e. The lowest BCUT2D eigenvalue weighted by molar-refractivity contribution is 0.122. The van der Waals surface area contributed by atoms with Gasteiger partial charge in [0.1, 0.15) is 5.82 Å². The standard InChI is InChI=1S/C23H32N6O2/c1-4-24-23(30)25-18-7-5-17(6-8-18)21-26-20-15-29(16(2)3)10-9-19(20)22(27-21)28-11-13-31-14-12-28/h5-8,16H,4,9-15H2,1-3H3,(H2,24,25,30). The van der Waals surface area contributed by atoms with Crippen molar-refractivity contribution in [3.8, 4) is 11.4 Å². The highest BCUT2D eigenvalue weighted by Gasteiger charge is 2.27. The molecule has 1 aromatic carbocycles. The van der Waals surface area contributed by atoms with Gasteiger partial charge in [0.15, 0.2) is 5.82 Å². The van der Waals surface area contributed by atoms with Crippen LogP contribution in [-0.4, -0.2) is 66.3 Å². The first kappa shape index (κ1) is 21.5. The van der Waals surface area contributed by atoms with Crippen LogP contribution in [-0.2, 0) is 17.7 Å². The lowest BCUT2D eigenvalue weighted by Crippen LogP contribution is -2.40. The number of ether oxygens (including phenoxy) is 1. The predicted molar refractivity (Wildman–Crippen MR) is 122 cm³/mol. The van der Waals surface area contributed by atoms with Gasteiger partial charge >= 0.3 is 6.03 Å². The van der Waals surface area contributed by atoms with E-state index in [1.54, 1.807) is 0 Å². The Balaban J connectivity index is 1.65. The quantitative estimate of drug-likeness (QED) is 0.768. The first-order valence-corrected chi connectivity index (χ1v) is 11.2. The molecule has 4 rings (SSSR count). The molecule has 1 fully saturated rings. The van der Waals surface area contributed by atoms with E-state index in [4.69, 9.17) is 14.7 Å². The molecule has 2 aliphatic heterocycles. The van der Waals surface area contributed by atoms with E-state index in [1.807, 2.05) is 31.2 Å². The van der Waals surface area contributed by atoms with Crippen LogP contribution in [0.15, 0.2) is 24.3 Å². The molecule has 3 heterocycles. The molecule has 0 aliphatic carbocycles. The number of fused-ring (bicyclic) bond motifs is 1. The van der Waals surface area contributed by atoms with Crippen LogP contribution in [0.4, 0.5) is 16.3 Å². The third-order valence-corrected chi connectivity index (χ3v) is 5.85. The number of morpholine rings is 1. The van der Waals surface area contributed by atoms with Gasteiger partial charge in [0.05, 0.1) is 18.9 Å². The van der Waals surface area contributed by atoms with Crippen molar-refractivity contribution in [1.82, 2.24) is 20.2 Å². The molecule has 0 bridgehead atoms. The highest BCUT2D eigenvalue weighted by atomic mass is 16.5. The van der Waals surface area contributed by atoms with Crippen molar-refractivity contribution in [2.75, 3.05) is 49.6 Å². The molecule has 0 radical (unpaired) electrons. The average Bonchev–Trinajstić information content (AvgIpc) is 2.79. The molecule has 2 aliphatic rings. The minimum atomic E-state index is -0.205. The number of carbonyl (C=O) groups excluding carboxylic acids is 1. The van der Waals surface area contributed by atoms with Gasteiger partial charge in [-0.15, -0.1) is 0 Å². The van der Waals surface area contributed by atoms with Gasteiger partial charge in [0, 0.05) is 55.6 Å². The zero-order chi connectivity index (χ0) is 21.8. The molecule has 0 spiro atoms. The molecular weight excluding hydrogens is 392 g/mol. The van der Waals surface area contributed by atoms with Crippen LogP contribution >= 0.6 is 0 Å². The molecule has 2 amide bonds. The monoisotopic (exact) mass is 424 g/mol. The third-order valence-electron chi connectivity index (χ3n) is 5.85. The van der Waals surface area contributed by atoms with E-state index in [0.29, 0.717) is 12.6 Å². The van der Waals surface area contributed by atoms with Gasteiger partial charge in [-0.1, -0.05) is 0 Å². The van der Waals surface area contributed by atoms with Gasteiger partial charge in [-0.2, -0.15) is 0 Å². The van der Waals surface area contributed by atoms with E-state index in [2.05, 4.69) is 34.3 Å². The summed E-state index contributed by atoms with van der Waals surface area (Å²) in [5, 5.41) is 5.57. The number of hydrogen-bond acceptors (Lipinski definition) is 6. The molecule has 166 valence electrons. The van der Waals surface area contributed by atoms with Crippen molar-refractivity contribution in [1.29, 1.82) is 0 Å². The van der Waals surface area contributed by atoms with Crippen LogP contribution in [0.25, 0.3) is 11.4 Å². The van der Waals surface area contributed by atoms with Crippen molar-refractivity contribution in [3.05, 3.63) is 35.5 Å². The van der Waals surface area contributed by atoms with Gasteiger partial charge < -0.3 is 20.3 Å². The first-order valence-electron chi connectivity index (χ1n) is 11.2. The Bertz CT molecular complexity index is 909. The fourth-order valence-electron chi connectivity index (χ4n) is 4.08. The Morgan fingerprint density at radius 3 is 2.55 bits per heavy atom. The van der Waals surface area contributed by atoms with Crippen molar-refractivity contribution in [3.63, 3.8) is 0 Å². The number of aromatic nitrogens is 2. The summed E-state index contributed by atoms with van der Waals surface area (Å²) in [6.45, 7) is 12.0. The Morgan fingerprint density at radius 2 is 1.87 bits per heavy atom. The van der Waals surface area contributed by atoms with Crippen LogP contribution < -0.4 is 15.5 Å². The second-order valence-electron chi connectivity index (χ2n) is 8.27. The Morgan fingerprint density at radius 1 is 1.13 bits per heavy atom. The molecular formula is C23H32N6O2. The van der Waals surface area contributed by atoms with Gasteiger partial charge in [0.25, 0.3) is 0 Å². The summed E-state index contributed by atoms with van der Waals surface area (Å²) in [6.07, 6.45) is 0.968. The number of amides is 2. The van der Waals surface area contributed by atoms with Crippen molar-refractivity contribution in [2.24, 2.45) is 0 Å². The largest absolute Gasteiger partial charge is 0.378 e. The number of nitrogens with zero attached hydrogens (tertiary/aromatic N) is 4. The Labute approximate surface area is 184 Å². The number of anilines is 2. The second-order valence-corrected chi connectivity index (χ2v) is 8.27. The van der Waals surface area contributed by atoms with Gasteiger partial charge in [-0.25, -0.2) is 14.8 Å². The summed E-state index contributed by atoms with van der Waals surface area (Å²) < 4.78 is 5.56. The number of rotatable bonds is 5. The van der Waals surface area contributed by atoms with Crippen LogP contribution in [0, 0.1) is 0 Å². The zero-order valence-corrected chi connectivity index (χ0v) is 18.6. The van der Waals surface area contributed by atoms with Crippen LogP contribution in [0.2, 0.25) is 0 Å². The first-order chi connectivity index (χ1) is 15.0. The molecule has 2 aromatic rings. The number of nitrogens with one attached hydrogen (secondary N) is 2. The van der Waals surface area contributed by atoms with Gasteiger partial charge in [-0.3, -0.25) is 4.90 Å². The minimum absolute atomic E-state index is 0.205. The van der Waals surface area contributed by atoms with E-state index >= 15 is 0 Å². The molecule has 0 atom stereocenters. The fraction of sp³-hybridized carbons (Fsp3) is 0.522. The summed E-state index contributed by atoms with van der Waals surface area (Å²) in [5.41, 5.74) is 4.08. The SMILES string of the molecule is CCNC(=O)Nc1ccc(-c2nc3c(c(N4CCOCC4)n2)CCN(C(C)C)C3)cc1. The molecule has 0 saturated carbocycles. The average molecular weight is 425 g/mol. The van der Waals surface area contributed by atoms with Crippen LogP contribution in [0.5, 0.6) is 0 Å². The molecule has 1 saturated heterocycles. The highest BCUT2D eigenvalue weighted by Crippen LogP contribution is 2.31. The van der Waals surface area contributed by atoms with Crippen LogP contribution in [0.1, 0.15) is 32.0 Å². The van der Waals surface area contributed by atoms with E-state index < -0.39 is 0 Å². The maximum absolute atomic E-state index is 11.8. The van der Waals surface area contributed by atoms with Crippen molar-refractivity contribution < 1.29 is 9.53 Å². The van der Waals surface area contributed by atoms with Gasteiger partial charge in [-0.05, 0) is 51.5 Å². The maximum atomic E-state index is 11.8. The van der Waals surface area contributed by atoms with Crippen molar-refractivity contribution in [2.45, 2.75) is 39.8 Å². The molecule has 1 aromatic heterocycles. The number of benzene rings is 1. The third kappa shape index (κ3) is 4.97. The predicted octanol–water partition coefficient (Wildman–Crippen LogP) is 2.89. The van der Waals surface area contributed by atoms with E-state index in [0.717, 1.165) is 74.4 Å². The molecule has 8 nitrogen and oxygen atoms in total. The van der Waals surface area contributed by atoms with Crippen LogP contribution in [0.3, 0.4) is 0 Å². The lowest BCUT2D eigenvalue weighted by atomic mass is 10.0. The summed E-state index contributed by atoms with van der Waals surface area (Å²) in [6, 6.07) is 8.00. The number of hydrogen-bond donors (Lipinski definition) is 2. The number of urea groups is 1.